The third-order valence-corrected chi connectivity index (χ3v) is 9.76. The normalized spacial score (nSPS) is 22.0. The molecule has 1 fully saturated rings. The third kappa shape index (κ3) is 4.54. The van der Waals surface area contributed by atoms with E-state index in [0.717, 1.165) is 0 Å². The molecule has 0 bridgehead atoms. The van der Waals surface area contributed by atoms with E-state index in [4.69, 9.17) is 21.1 Å². The van der Waals surface area contributed by atoms with Crippen LogP contribution in [0.1, 0.15) is 17.5 Å². The van der Waals surface area contributed by atoms with Crippen molar-refractivity contribution in [2.75, 3.05) is 39.2 Å². The molecule has 14 heteroatoms. The van der Waals surface area contributed by atoms with Crippen LogP contribution in [0.4, 0.5) is 5.69 Å². The minimum Gasteiger partial charge on any atom is -0.504 e. The standard InChI is InChI=1S/C29H30ClN3O9S/c1-31(2)27(37)22-13-17(34)15-32(22)29(19-6-5-7-23(35)26(19)36)20-12-16(30)8-10-21(20)33(28(29)38)43(39,40)25-11-9-18(41-3)14-24(25)42-4/h5-12,14,17,22,34-36H,13,15H2,1-4H3/t17-,22+,29+/m1/s1. The van der Waals surface area contributed by atoms with Crippen LogP contribution < -0.4 is 13.8 Å². The van der Waals surface area contributed by atoms with Gasteiger partial charge in [0, 0.05) is 42.9 Å². The van der Waals surface area contributed by atoms with Crippen molar-refractivity contribution < 1.29 is 42.8 Å². The number of aliphatic hydroxyl groups excluding tert-OH is 1. The smallest absolute Gasteiger partial charge is 0.274 e. The lowest BCUT2D eigenvalue weighted by Gasteiger charge is -2.41. The monoisotopic (exact) mass is 631 g/mol. The molecule has 0 aliphatic carbocycles. The number of carbonyl (C=O) groups excluding carboxylic acids is 2. The van der Waals surface area contributed by atoms with E-state index in [2.05, 4.69) is 0 Å². The van der Waals surface area contributed by atoms with E-state index in [9.17, 15) is 28.5 Å². The van der Waals surface area contributed by atoms with Gasteiger partial charge in [0.1, 0.15) is 16.4 Å². The second-order valence-corrected chi connectivity index (χ2v) is 12.6. The number of carbonyl (C=O) groups is 2. The molecule has 12 nitrogen and oxygen atoms in total. The zero-order valence-electron chi connectivity index (χ0n) is 23.7. The SMILES string of the molecule is COc1ccc(S(=O)(=O)N2C(=O)[C@@](c3cccc(O)c3O)(N3C[C@H](O)C[C@H]3C(=O)N(C)C)c3cc(Cl)ccc32)c(OC)c1. The number of phenols is 2. The van der Waals surface area contributed by atoms with Crippen LogP contribution in [0.3, 0.4) is 0 Å². The topological polar surface area (TPSA) is 157 Å². The van der Waals surface area contributed by atoms with Crippen LogP contribution in [-0.2, 0) is 25.2 Å². The van der Waals surface area contributed by atoms with Crippen LogP contribution in [0.2, 0.25) is 5.02 Å². The number of likely N-dealkylation sites (N-methyl/N-ethyl adjacent to an activating group) is 1. The molecule has 228 valence electrons. The van der Waals surface area contributed by atoms with Gasteiger partial charge in [-0.05, 0) is 42.8 Å². The van der Waals surface area contributed by atoms with E-state index in [1.165, 1.54) is 92.7 Å². The Kier molecular flexibility index (Phi) is 7.71. The molecule has 2 aliphatic rings. The number of hydrogen-bond donors (Lipinski definition) is 3. The van der Waals surface area contributed by atoms with Gasteiger partial charge in [0.2, 0.25) is 5.91 Å². The highest BCUT2D eigenvalue weighted by molar-refractivity contribution is 7.93. The number of aromatic hydroxyl groups is 2. The number of β-amino-alcohol motifs (C(OH)–C–C–N with tert-alkyl or cyclic N) is 1. The number of halogens is 1. The quantitative estimate of drug-likeness (QED) is 0.331. The highest BCUT2D eigenvalue weighted by atomic mass is 35.5. The number of benzene rings is 3. The van der Waals surface area contributed by atoms with Crippen molar-refractivity contribution >= 4 is 39.1 Å². The molecule has 3 N–H and O–H groups in total. The number of hydrogen-bond acceptors (Lipinski definition) is 10. The summed E-state index contributed by atoms with van der Waals surface area (Å²) in [5.41, 5.74) is -2.52. The van der Waals surface area contributed by atoms with Crippen LogP contribution >= 0.6 is 11.6 Å². The Morgan fingerprint density at radius 2 is 1.77 bits per heavy atom. The number of aliphatic hydroxyl groups is 1. The molecule has 3 aromatic rings. The average molecular weight is 632 g/mol. The minimum absolute atomic E-state index is 0.0209. The Balaban J connectivity index is 1.87. The molecular formula is C29H30ClN3O9S. The van der Waals surface area contributed by atoms with Crippen molar-refractivity contribution in [3.05, 3.63) is 70.7 Å². The largest absolute Gasteiger partial charge is 0.504 e. The molecule has 0 aromatic heterocycles. The molecule has 2 heterocycles. The predicted octanol–water partition coefficient (Wildman–Crippen LogP) is 2.27. The molecule has 0 unspecified atom stereocenters. The Morgan fingerprint density at radius 3 is 2.42 bits per heavy atom. The molecule has 3 atom stereocenters. The fourth-order valence-electron chi connectivity index (χ4n) is 5.90. The number of phenolic OH excluding ortho intramolecular Hbond substituents is 2. The van der Waals surface area contributed by atoms with Gasteiger partial charge < -0.3 is 29.7 Å². The number of fused-ring (bicyclic) bond motifs is 1. The summed E-state index contributed by atoms with van der Waals surface area (Å²) in [6.45, 7) is -0.253. The lowest BCUT2D eigenvalue weighted by atomic mass is 9.80. The summed E-state index contributed by atoms with van der Waals surface area (Å²) < 4.78 is 40.0. The summed E-state index contributed by atoms with van der Waals surface area (Å²) >= 11 is 6.43. The molecule has 1 saturated heterocycles. The Hall–Kier alpha value is -4.04. The highest BCUT2D eigenvalue weighted by Crippen LogP contribution is 2.56. The number of likely N-dealkylation sites (tertiary alicyclic amines) is 1. The molecule has 2 aliphatic heterocycles. The van der Waals surface area contributed by atoms with Crippen LogP contribution in [-0.4, -0.2) is 92.4 Å². The first-order valence-electron chi connectivity index (χ1n) is 13.1. The summed E-state index contributed by atoms with van der Waals surface area (Å²) in [6.07, 6.45) is -1.17. The van der Waals surface area contributed by atoms with Gasteiger partial charge in [0.15, 0.2) is 17.0 Å². The van der Waals surface area contributed by atoms with E-state index in [1.54, 1.807) is 0 Å². The number of methoxy groups -OCH3 is 2. The van der Waals surface area contributed by atoms with Crippen molar-refractivity contribution in [1.29, 1.82) is 0 Å². The summed E-state index contributed by atoms with van der Waals surface area (Å²) in [5.74, 6) is -2.63. The van der Waals surface area contributed by atoms with E-state index in [-0.39, 0.29) is 45.4 Å². The zero-order chi connectivity index (χ0) is 31.4. The van der Waals surface area contributed by atoms with Crippen LogP contribution in [0, 0.1) is 0 Å². The lowest BCUT2D eigenvalue weighted by molar-refractivity contribution is -0.138. The van der Waals surface area contributed by atoms with Gasteiger partial charge in [0.05, 0.1) is 32.1 Å². The van der Waals surface area contributed by atoms with Crippen molar-refractivity contribution in [3.8, 4) is 23.0 Å². The minimum atomic E-state index is -4.75. The van der Waals surface area contributed by atoms with Crippen LogP contribution in [0.5, 0.6) is 23.0 Å². The molecule has 3 aromatic carbocycles. The van der Waals surface area contributed by atoms with Crippen molar-refractivity contribution in [3.63, 3.8) is 0 Å². The van der Waals surface area contributed by atoms with Gasteiger partial charge in [-0.2, -0.15) is 0 Å². The predicted molar refractivity (Wildman–Crippen MR) is 156 cm³/mol. The van der Waals surface area contributed by atoms with E-state index in [0.29, 0.717) is 10.1 Å². The van der Waals surface area contributed by atoms with Crippen LogP contribution in [0.25, 0.3) is 0 Å². The second kappa shape index (κ2) is 10.9. The first-order chi connectivity index (χ1) is 20.3. The van der Waals surface area contributed by atoms with Gasteiger partial charge in [-0.25, -0.2) is 12.7 Å². The number of rotatable bonds is 7. The maximum atomic E-state index is 15.0. The Bertz CT molecular complexity index is 1730. The number of sulfonamides is 1. The molecule has 0 spiro atoms. The van der Waals surface area contributed by atoms with Crippen molar-refractivity contribution in [2.24, 2.45) is 0 Å². The van der Waals surface area contributed by atoms with E-state index >= 15 is 4.79 Å². The Labute approximate surface area is 253 Å². The summed E-state index contributed by atoms with van der Waals surface area (Å²) in [6, 6.07) is 10.9. The van der Waals surface area contributed by atoms with Crippen molar-refractivity contribution in [1.82, 2.24) is 9.80 Å². The lowest BCUT2D eigenvalue weighted by Crippen LogP contribution is -2.59. The van der Waals surface area contributed by atoms with E-state index in [1.807, 2.05) is 0 Å². The molecule has 5 rings (SSSR count). The number of amides is 2. The molecule has 0 saturated carbocycles. The van der Waals surface area contributed by atoms with Gasteiger partial charge in [-0.1, -0.05) is 23.7 Å². The highest BCUT2D eigenvalue weighted by Gasteiger charge is 2.64. The maximum absolute atomic E-state index is 15.0. The first kappa shape index (κ1) is 30.4. The molecule has 43 heavy (non-hydrogen) atoms. The van der Waals surface area contributed by atoms with E-state index < -0.39 is 51.0 Å². The van der Waals surface area contributed by atoms with Gasteiger partial charge in [-0.15, -0.1) is 0 Å². The molecule has 0 radical (unpaired) electrons. The number of para-hydroxylation sites is 1. The number of nitrogens with zero attached hydrogens (tertiary/aromatic N) is 3. The summed E-state index contributed by atoms with van der Waals surface area (Å²) in [7, 11) is 0.945. The third-order valence-electron chi connectivity index (χ3n) is 7.79. The van der Waals surface area contributed by atoms with Gasteiger partial charge in [0.25, 0.3) is 15.9 Å². The fraction of sp³-hybridized carbons (Fsp3) is 0.310. The second-order valence-electron chi connectivity index (χ2n) is 10.4. The molecule has 2 amide bonds. The van der Waals surface area contributed by atoms with Gasteiger partial charge >= 0.3 is 0 Å². The van der Waals surface area contributed by atoms with Crippen molar-refractivity contribution in [2.45, 2.75) is 29.0 Å². The molecular weight excluding hydrogens is 602 g/mol. The number of anilines is 1. The summed E-state index contributed by atoms with van der Waals surface area (Å²) in [4.78, 5) is 30.8. The first-order valence-corrected chi connectivity index (χ1v) is 14.9. The van der Waals surface area contributed by atoms with Crippen LogP contribution in [0.15, 0.2) is 59.5 Å². The zero-order valence-corrected chi connectivity index (χ0v) is 25.3. The Morgan fingerprint density at radius 1 is 1.05 bits per heavy atom. The maximum Gasteiger partial charge on any atom is 0.274 e. The fourth-order valence-corrected chi connectivity index (χ4v) is 7.68. The average Bonchev–Trinajstić information content (AvgIpc) is 3.48. The number of ether oxygens (including phenoxy) is 2. The summed E-state index contributed by atoms with van der Waals surface area (Å²) in [5, 5.41) is 32.7. The van der Waals surface area contributed by atoms with Gasteiger partial charge in [-0.3, -0.25) is 14.5 Å².